The molecule has 2 aromatic rings. The third-order valence-electron chi connectivity index (χ3n) is 4.09. The summed E-state index contributed by atoms with van der Waals surface area (Å²) in [6, 6.07) is 2.54. The number of nitrogens with zero attached hydrogens (tertiary/aromatic N) is 3. The molecule has 0 bridgehead atoms. The molecule has 112 valence electrons. The lowest BCUT2D eigenvalue weighted by Gasteiger charge is -2.38. The molecule has 0 radical (unpaired) electrons. The maximum atomic E-state index is 9.46. The molecule has 1 fully saturated rings. The Kier molecular flexibility index (Phi) is 4.17. The lowest BCUT2D eigenvalue weighted by molar-refractivity contribution is 0.0952. The number of H-pyrrole nitrogens is 1. The van der Waals surface area contributed by atoms with Gasteiger partial charge < -0.3 is 15.4 Å². The maximum Gasteiger partial charge on any atom is 0.142 e. The van der Waals surface area contributed by atoms with Gasteiger partial charge in [0.05, 0.1) is 12.0 Å². The van der Waals surface area contributed by atoms with Crippen molar-refractivity contribution in [2.45, 2.75) is 24.9 Å². The van der Waals surface area contributed by atoms with Gasteiger partial charge in [-0.05, 0) is 18.9 Å². The molecule has 0 aromatic carbocycles. The highest BCUT2D eigenvalue weighted by Gasteiger charge is 2.27. The van der Waals surface area contributed by atoms with E-state index in [0.29, 0.717) is 6.04 Å². The van der Waals surface area contributed by atoms with Crippen LogP contribution in [0.4, 0.5) is 5.82 Å². The Bertz CT molecular complexity index is 611. The number of hydrogen-bond acceptors (Lipinski definition) is 5. The number of fused-ring (bicyclic) bond motifs is 1. The summed E-state index contributed by atoms with van der Waals surface area (Å²) in [4.78, 5) is 13.9. The number of likely N-dealkylation sites (tertiary alicyclic amines) is 1. The monoisotopic (exact) mass is 287 g/mol. The second-order valence-corrected chi connectivity index (χ2v) is 5.46. The number of aliphatic hydroxyl groups excluding tert-OH is 1. The molecule has 2 atom stereocenters. The van der Waals surface area contributed by atoms with Crippen LogP contribution >= 0.6 is 0 Å². The molecule has 3 heterocycles. The van der Waals surface area contributed by atoms with Gasteiger partial charge in [0.15, 0.2) is 0 Å². The van der Waals surface area contributed by atoms with Crippen molar-refractivity contribution in [1.29, 1.82) is 0 Å². The van der Waals surface area contributed by atoms with Crippen LogP contribution in [0.25, 0.3) is 11.0 Å². The van der Waals surface area contributed by atoms with Crippen LogP contribution in [0.5, 0.6) is 0 Å². The van der Waals surface area contributed by atoms with Gasteiger partial charge in [0, 0.05) is 31.4 Å². The molecule has 21 heavy (non-hydrogen) atoms. The number of piperidine rings is 1. The fourth-order valence-electron chi connectivity index (χ4n) is 2.99. The van der Waals surface area contributed by atoms with Gasteiger partial charge in [-0.15, -0.1) is 6.58 Å². The van der Waals surface area contributed by atoms with E-state index in [4.69, 9.17) is 0 Å². The third-order valence-corrected chi connectivity index (χ3v) is 4.09. The fraction of sp³-hybridized carbons (Fsp3) is 0.467. The lowest BCUT2D eigenvalue weighted by Crippen LogP contribution is -2.49. The maximum absolute atomic E-state index is 9.46. The fourth-order valence-corrected chi connectivity index (χ4v) is 2.99. The Labute approximate surface area is 123 Å². The van der Waals surface area contributed by atoms with Crippen LogP contribution < -0.4 is 5.32 Å². The van der Waals surface area contributed by atoms with Crippen LogP contribution in [0.1, 0.15) is 12.8 Å². The quantitative estimate of drug-likeness (QED) is 0.724. The average Bonchev–Trinajstić information content (AvgIpc) is 2.98. The highest BCUT2D eigenvalue weighted by Crippen LogP contribution is 2.23. The highest BCUT2D eigenvalue weighted by atomic mass is 16.3. The number of nitrogens with one attached hydrogen (secondary N) is 2. The minimum atomic E-state index is 0.204. The second kappa shape index (κ2) is 6.24. The molecule has 1 saturated heterocycles. The van der Waals surface area contributed by atoms with E-state index in [1.165, 1.54) is 0 Å². The molecule has 3 N–H and O–H groups in total. The van der Waals surface area contributed by atoms with Crippen LogP contribution in [0, 0.1) is 0 Å². The summed E-state index contributed by atoms with van der Waals surface area (Å²) in [7, 11) is 0. The number of aliphatic hydroxyl groups is 1. The molecular formula is C15H21N5O. The molecule has 6 nitrogen and oxygen atoms in total. The highest BCUT2D eigenvalue weighted by molar-refractivity contribution is 5.86. The Hall–Kier alpha value is -1.92. The number of hydrogen-bond donors (Lipinski definition) is 3. The van der Waals surface area contributed by atoms with E-state index >= 15 is 0 Å². The largest absolute Gasteiger partial charge is 0.395 e. The smallest absolute Gasteiger partial charge is 0.142 e. The molecular weight excluding hydrogens is 266 g/mol. The predicted molar refractivity (Wildman–Crippen MR) is 83.2 cm³/mol. The number of aromatic amines is 1. The van der Waals surface area contributed by atoms with E-state index in [0.717, 1.165) is 42.8 Å². The molecule has 2 aromatic heterocycles. The molecule has 1 aliphatic rings. The summed E-state index contributed by atoms with van der Waals surface area (Å²) in [6.07, 6.45) is 7.33. The zero-order chi connectivity index (χ0) is 14.7. The topological polar surface area (TPSA) is 77.1 Å². The SMILES string of the molecule is C=CCN1CC(Nc2ncnc3[nH]ccc23)CCC1CO. The lowest BCUT2D eigenvalue weighted by atomic mass is 9.98. The van der Waals surface area contributed by atoms with Crippen LogP contribution in [-0.2, 0) is 0 Å². The van der Waals surface area contributed by atoms with Gasteiger partial charge in [-0.1, -0.05) is 6.08 Å². The van der Waals surface area contributed by atoms with Crippen LogP contribution in [-0.4, -0.2) is 56.7 Å². The number of anilines is 1. The predicted octanol–water partition coefficient (Wildman–Crippen LogP) is 1.38. The molecule has 2 unspecified atom stereocenters. The van der Waals surface area contributed by atoms with Crippen molar-refractivity contribution in [3.8, 4) is 0 Å². The first-order valence-corrected chi connectivity index (χ1v) is 7.32. The molecule has 3 rings (SSSR count). The van der Waals surface area contributed by atoms with E-state index < -0.39 is 0 Å². The average molecular weight is 287 g/mol. The number of rotatable bonds is 5. The zero-order valence-corrected chi connectivity index (χ0v) is 12.0. The van der Waals surface area contributed by atoms with Gasteiger partial charge >= 0.3 is 0 Å². The summed E-state index contributed by atoms with van der Waals surface area (Å²) in [5.74, 6) is 0.868. The first-order chi connectivity index (χ1) is 10.3. The Morgan fingerprint density at radius 2 is 2.38 bits per heavy atom. The van der Waals surface area contributed by atoms with Crippen molar-refractivity contribution < 1.29 is 5.11 Å². The van der Waals surface area contributed by atoms with E-state index in [-0.39, 0.29) is 12.6 Å². The van der Waals surface area contributed by atoms with Crippen molar-refractivity contribution in [3.63, 3.8) is 0 Å². The van der Waals surface area contributed by atoms with Crippen molar-refractivity contribution >= 4 is 16.9 Å². The number of aromatic nitrogens is 3. The van der Waals surface area contributed by atoms with Gasteiger partial charge in [-0.3, -0.25) is 4.90 Å². The van der Waals surface area contributed by atoms with Gasteiger partial charge in [0.1, 0.15) is 17.8 Å². The molecule has 0 amide bonds. The third kappa shape index (κ3) is 2.91. The van der Waals surface area contributed by atoms with Gasteiger partial charge in [-0.2, -0.15) is 0 Å². The first kappa shape index (κ1) is 14.0. The van der Waals surface area contributed by atoms with Crippen LogP contribution in [0.15, 0.2) is 31.2 Å². The summed E-state index contributed by atoms with van der Waals surface area (Å²) in [5.41, 5.74) is 0.847. The standard InChI is InChI=1S/C15H21N5O/c1-2-7-20-8-11(3-4-12(20)9-21)19-15-13-5-6-16-14(13)17-10-18-15/h2,5-6,10-12,21H,1,3-4,7-9H2,(H2,16,17,18,19). The molecule has 0 saturated carbocycles. The summed E-state index contributed by atoms with van der Waals surface area (Å²) in [6.45, 7) is 5.68. The van der Waals surface area contributed by atoms with Gasteiger partial charge in [0.25, 0.3) is 0 Å². The molecule has 0 aliphatic carbocycles. The Balaban J connectivity index is 1.73. The van der Waals surface area contributed by atoms with Crippen molar-refractivity contribution in [3.05, 3.63) is 31.2 Å². The normalized spacial score (nSPS) is 23.3. The van der Waals surface area contributed by atoms with E-state index in [1.54, 1.807) is 6.33 Å². The minimum absolute atomic E-state index is 0.204. The second-order valence-electron chi connectivity index (χ2n) is 5.46. The van der Waals surface area contributed by atoms with Crippen molar-refractivity contribution in [2.24, 2.45) is 0 Å². The Morgan fingerprint density at radius 3 is 3.19 bits per heavy atom. The summed E-state index contributed by atoms with van der Waals surface area (Å²) < 4.78 is 0. The first-order valence-electron chi connectivity index (χ1n) is 7.32. The molecule has 0 spiro atoms. The van der Waals surface area contributed by atoms with Crippen LogP contribution in [0.3, 0.4) is 0 Å². The van der Waals surface area contributed by atoms with Gasteiger partial charge in [-0.25, -0.2) is 9.97 Å². The zero-order valence-electron chi connectivity index (χ0n) is 12.0. The van der Waals surface area contributed by atoms with Crippen molar-refractivity contribution in [2.75, 3.05) is 25.0 Å². The van der Waals surface area contributed by atoms with E-state index in [2.05, 4.69) is 31.7 Å². The Morgan fingerprint density at radius 1 is 1.48 bits per heavy atom. The van der Waals surface area contributed by atoms with Crippen molar-refractivity contribution in [1.82, 2.24) is 19.9 Å². The van der Waals surface area contributed by atoms with E-state index in [1.807, 2.05) is 18.3 Å². The molecule has 1 aliphatic heterocycles. The van der Waals surface area contributed by atoms with Crippen LogP contribution in [0.2, 0.25) is 0 Å². The molecule has 6 heteroatoms. The van der Waals surface area contributed by atoms with E-state index in [9.17, 15) is 5.11 Å². The summed E-state index contributed by atoms with van der Waals surface area (Å²) in [5, 5.41) is 14.0. The van der Waals surface area contributed by atoms with Gasteiger partial charge in [0.2, 0.25) is 0 Å². The summed E-state index contributed by atoms with van der Waals surface area (Å²) >= 11 is 0. The minimum Gasteiger partial charge on any atom is -0.395 e.